The molecule has 5 nitrogen and oxygen atoms in total. The molecule has 0 N–H and O–H groups in total. The summed E-state index contributed by atoms with van der Waals surface area (Å²) < 4.78 is 29.1. The second kappa shape index (κ2) is 6.85. The molecule has 2 aliphatic heterocycles. The zero-order chi connectivity index (χ0) is 17.3. The highest BCUT2D eigenvalue weighted by Crippen LogP contribution is 2.36. The van der Waals surface area contributed by atoms with Crippen LogP contribution >= 0.6 is 24.0 Å². The predicted molar refractivity (Wildman–Crippen MR) is 99.7 cm³/mol. The van der Waals surface area contributed by atoms with E-state index >= 15 is 0 Å². The fraction of sp³-hybridized carbons (Fsp3) is 0.375. The molecule has 1 amide bonds. The maximum atomic E-state index is 12.6. The quantitative estimate of drug-likeness (QED) is 0.588. The van der Waals surface area contributed by atoms with Crippen molar-refractivity contribution in [3.63, 3.8) is 0 Å². The Morgan fingerprint density at radius 3 is 2.67 bits per heavy atom. The van der Waals surface area contributed by atoms with Gasteiger partial charge in [0.1, 0.15) is 10.1 Å². The van der Waals surface area contributed by atoms with Gasteiger partial charge in [-0.3, -0.25) is 9.69 Å². The van der Waals surface area contributed by atoms with Crippen molar-refractivity contribution in [3.8, 4) is 5.75 Å². The van der Waals surface area contributed by atoms with Crippen LogP contribution in [0.2, 0.25) is 0 Å². The lowest BCUT2D eigenvalue weighted by Gasteiger charge is -2.20. The minimum Gasteiger partial charge on any atom is -0.494 e. The van der Waals surface area contributed by atoms with Crippen LogP contribution in [0.15, 0.2) is 29.2 Å². The number of carbonyl (C=O) groups excluding carboxylic acids is 1. The van der Waals surface area contributed by atoms with Gasteiger partial charge in [0.15, 0.2) is 9.84 Å². The van der Waals surface area contributed by atoms with Crippen LogP contribution in [0, 0.1) is 0 Å². The van der Waals surface area contributed by atoms with Gasteiger partial charge in [0.25, 0.3) is 5.91 Å². The Kier molecular flexibility index (Phi) is 4.98. The Labute approximate surface area is 151 Å². The third-order valence-corrected chi connectivity index (χ3v) is 6.97. The summed E-state index contributed by atoms with van der Waals surface area (Å²) in [5, 5.41) is 0. The van der Waals surface area contributed by atoms with Crippen LogP contribution in [0.4, 0.5) is 0 Å². The fourth-order valence-corrected chi connectivity index (χ4v) is 5.85. The molecular formula is C16H17NO4S3. The van der Waals surface area contributed by atoms with Gasteiger partial charge < -0.3 is 4.74 Å². The molecule has 2 heterocycles. The van der Waals surface area contributed by atoms with Gasteiger partial charge in [-0.15, -0.1) is 0 Å². The number of carbonyl (C=O) groups is 1. The number of thioether (sulfide) groups is 1. The van der Waals surface area contributed by atoms with Crippen LogP contribution in [0.25, 0.3) is 6.08 Å². The molecule has 1 aromatic carbocycles. The SMILES string of the molecule is CCOc1ccc(/C=C2\SC(=S)N([C@@H]3CCS(=O)(=O)C3)C2=O)cc1. The summed E-state index contributed by atoms with van der Waals surface area (Å²) in [4.78, 5) is 14.6. The van der Waals surface area contributed by atoms with E-state index in [0.29, 0.717) is 22.3 Å². The molecule has 0 saturated carbocycles. The smallest absolute Gasteiger partial charge is 0.266 e. The van der Waals surface area contributed by atoms with Crippen LogP contribution in [0.3, 0.4) is 0 Å². The van der Waals surface area contributed by atoms with E-state index in [9.17, 15) is 13.2 Å². The number of hydrogen-bond donors (Lipinski definition) is 0. The largest absolute Gasteiger partial charge is 0.494 e. The second-order valence-corrected chi connectivity index (χ2v) is 9.52. The van der Waals surface area contributed by atoms with Crippen LogP contribution in [-0.4, -0.2) is 47.7 Å². The van der Waals surface area contributed by atoms with Gasteiger partial charge in [0, 0.05) is 0 Å². The summed E-state index contributed by atoms with van der Waals surface area (Å²) >= 11 is 6.51. The van der Waals surface area contributed by atoms with E-state index in [-0.39, 0.29) is 23.5 Å². The first-order chi connectivity index (χ1) is 11.4. The number of thiocarbonyl (C=S) groups is 1. The Bertz CT molecular complexity index is 799. The van der Waals surface area contributed by atoms with Crippen molar-refractivity contribution in [3.05, 3.63) is 34.7 Å². The summed E-state index contributed by atoms with van der Waals surface area (Å²) in [5.74, 6) is 0.682. The molecule has 0 spiro atoms. The average Bonchev–Trinajstić information content (AvgIpc) is 3.01. The molecule has 3 rings (SSSR count). The topological polar surface area (TPSA) is 63.7 Å². The summed E-state index contributed by atoms with van der Waals surface area (Å²) in [5.41, 5.74) is 0.873. The van der Waals surface area contributed by atoms with Crippen LogP contribution in [0.1, 0.15) is 18.9 Å². The van der Waals surface area contributed by atoms with Crippen LogP contribution in [0.5, 0.6) is 5.75 Å². The zero-order valence-electron chi connectivity index (χ0n) is 13.1. The maximum absolute atomic E-state index is 12.6. The van der Waals surface area contributed by atoms with Crippen molar-refractivity contribution >= 4 is 50.1 Å². The number of amides is 1. The molecule has 0 bridgehead atoms. The molecule has 24 heavy (non-hydrogen) atoms. The maximum Gasteiger partial charge on any atom is 0.266 e. The molecule has 0 radical (unpaired) electrons. The number of sulfone groups is 1. The lowest BCUT2D eigenvalue weighted by Crippen LogP contribution is -2.39. The van der Waals surface area contributed by atoms with E-state index in [4.69, 9.17) is 17.0 Å². The van der Waals surface area contributed by atoms with Gasteiger partial charge in [-0.1, -0.05) is 36.1 Å². The van der Waals surface area contributed by atoms with Gasteiger partial charge in [0.2, 0.25) is 0 Å². The van der Waals surface area contributed by atoms with Gasteiger partial charge in [-0.25, -0.2) is 8.42 Å². The minimum absolute atomic E-state index is 0.00419. The molecule has 0 unspecified atom stereocenters. The lowest BCUT2D eigenvalue weighted by atomic mass is 10.2. The average molecular weight is 384 g/mol. The molecule has 8 heteroatoms. The van der Waals surface area contributed by atoms with Crippen molar-refractivity contribution in [2.24, 2.45) is 0 Å². The molecule has 1 aromatic rings. The molecular weight excluding hydrogens is 366 g/mol. The third kappa shape index (κ3) is 3.65. The van der Waals surface area contributed by atoms with E-state index in [1.807, 2.05) is 31.2 Å². The first-order valence-corrected chi connectivity index (χ1v) is 10.6. The Morgan fingerprint density at radius 1 is 1.38 bits per heavy atom. The van der Waals surface area contributed by atoms with E-state index in [0.717, 1.165) is 11.3 Å². The van der Waals surface area contributed by atoms with Crippen LogP contribution < -0.4 is 4.74 Å². The van der Waals surface area contributed by atoms with Crippen molar-refractivity contribution < 1.29 is 17.9 Å². The molecule has 2 aliphatic rings. The summed E-state index contributed by atoms with van der Waals surface area (Å²) in [6.07, 6.45) is 2.23. The van der Waals surface area contributed by atoms with Gasteiger partial charge in [-0.05, 0) is 37.1 Å². The summed E-state index contributed by atoms with van der Waals surface area (Å²) in [6.45, 7) is 2.52. The van der Waals surface area contributed by atoms with Crippen molar-refractivity contribution in [1.29, 1.82) is 0 Å². The third-order valence-electron chi connectivity index (χ3n) is 3.89. The highest BCUT2D eigenvalue weighted by atomic mass is 32.2. The highest BCUT2D eigenvalue weighted by molar-refractivity contribution is 8.26. The van der Waals surface area contributed by atoms with Gasteiger partial charge in [-0.2, -0.15) is 0 Å². The molecule has 2 saturated heterocycles. The molecule has 1 atom stereocenters. The number of nitrogens with zero attached hydrogens (tertiary/aromatic N) is 1. The first kappa shape index (κ1) is 17.4. The lowest BCUT2D eigenvalue weighted by molar-refractivity contribution is -0.123. The fourth-order valence-electron chi connectivity index (χ4n) is 2.75. The summed E-state index contributed by atoms with van der Waals surface area (Å²) in [6, 6.07) is 7.10. The van der Waals surface area contributed by atoms with Gasteiger partial charge >= 0.3 is 0 Å². The first-order valence-electron chi connectivity index (χ1n) is 7.60. The zero-order valence-corrected chi connectivity index (χ0v) is 15.5. The molecule has 2 fully saturated rings. The van der Waals surface area contributed by atoms with Crippen molar-refractivity contribution in [1.82, 2.24) is 4.90 Å². The number of ether oxygens (including phenoxy) is 1. The second-order valence-electron chi connectivity index (χ2n) is 5.61. The molecule has 0 aromatic heterocycles. The van der Waals surface area contributed by atoms with Crippen LogP contribution in [-0.2, 0) is 14.6 Å². The normalized spacial score (nSPS) is 24.8. The number of rotatable bonds is 4. The Balaban J connectivity index is 1.78. The number of hydrogen-bond acceptors (Lipinski definition) is 6. The standard InChI is InChI=1S/C16H17NO4S3/c1-2-21-13-5-3-11(4-6-13)9-14-15(18)17(16(22)23-14)12-7-8-24(19,20)10-12/h3-6,9,12H,2,7-8,10H2,1H3/b14-9-/t12-/m1/s1. The van der Waals surface area contributed by atoms with E-state index in [2.05, 4.69) is 0 Å². The highest BCUT2D eigenvalue weighted by Gasteiger charge is 2.42. The Hall–Kier alpha value is -1.38. The van der Waals surface area contributed by atoms with E-state index in [1.165, 1.54) is 16.7 Å². The van der Waals surface area contributed by atoms with Gasteiger partial charge in [0.05, 0.1) is 29.1 Å². The predicted octanol–water partition coefficient (Wildman–Crippen LogP) is 2.47. The van der Waals surface area contributed by atoms with E-state index in [1.54, 1.807) is 6.08 Å². The molecule has 128 valence electrons. The molecule has 0 aliphatic carbocycles. The van der Waals surface area contributed by atoms with Crippen molar-refractivity contribution in [2.75, 3.05) is 18.1 Å². The minimum atomic E-state index is -3.06. The Morgan fingerprint density at radius 2 is 2.08 bits per heavy atom. The summed E-state index contributed by atoms with van der Waals surface area (Å²) in [7, 11) is -3.06. The van der Waals surface area contributed by atoms with E-state index < -0.39 is 9.84 Å². The monoisotopic (exact) mass is 383 g/mol. The van der Waals surface area contributed by atoms with Crippen molar-refractivity contribution in [2.45, 2.75) is 19.4 Å². The number of benzene rings is 1.